The standard InChI is InChI=1S/C21H15N5O7/c27-21(28)20-8-6-15(33-20)12-24-11-13(16-3-1-2-4-18(16)24)10-22-23-17-7-5-14(25(29)30)9-19(17)26(31)32/h1-11,23H,12H2,(H,27,28)/b22-10-. The second-order valence-corrected chi connectivity index (χ2v) is 6.89. The molecule has 2 aromatic carbocycles. The molecule has 2 heterocycles. The van der Waals surface area contributed by atoms with Crippen LogP contribution < -0.4 is 5.43 Å². The van der Waals surface area contributed by atoms with Crippen molar-refractivity contribution in [2.75, 3.05) is 5.43 Å². The molecule has 0 unspecified atom stereocenters. The van der Waals surface area contributed by atoms with Gasteiger partial charge in [-0.05, 0) is 24.3 Å². The van der Waals surface area contributed by atoms with Crippen LogP contribution >= 0.6 is 0 Å². The number of hydrogen-bond acceptors (Lipinski definition) is 8. The van der Waals surface area contributed by atoms with E-state index in [1.807, 2.05) is 28.8 Å². The van der Waals surface area contributed by atoms with Gasteiger partial charge in [-0.3, -0.25) is 25.7 Å². The van der Waals surface area contributed by atoms with E-state index < -0.39 is 27.2 Å². The molecule has 2 aromatic heterocycles. The highest BCUT2D eigenvalue weighted by atomic mass is 16.6. The number of nitro benzene ring substituents is 2. The Hall–Kier alpha value is -5.00. The first-order valence-corrected chi connectivity index (χ1v) is 9.45. The van der Waals surface area contributed by atoms with Gasteiger partial charge in [-0.15, -0.1) is 0 Å². The topological polar surface area (TPSA) is 166 Å². The number of aromatic nitrogens is 1. The number of carbonyl (C=O) groups is 1. The molecular weight excluding hydrogens is 434 g/mol. The largest absolute Gasteiger partial charge is 0.475 e. The lowest BCUT2D eigenvalue weighted by Crippen LogP contribution is -1.99. The quantitative estimate of drug-likeness (QED) is 0.229. The lowest BCUT2D eigenvalue weighted by atomic mass is 10.2. The summed E-state index contributed by atoms with van der Waals surface area (Å²) < 4.78 is 7.19. The number of nitrogens with zero attached hydrogens (tertiary/aromatic N) is 4. The Labute approximate surface area is 184 Å². The molecule has 0 fully saturated rings. The van der Waals surface area contributed by atoms with Gasteiger partial charge in [-0.2, -0.15) is 5.10 Å². The Morgan fingerprint density at radius 2 is 1.91 bits per heavy atom. The van der Waals surface area contributed by atoms with E-state index in [4.69, 9.17) is 9.52 Å². The Bertz CT molecular complexity index is 1420. The minimum Gasteiger partial charge on any atom is -0.475 e. The fourth-order valence-corrected chi connectivity index (χ4v) is 3.31. The van der Waals surface area contributed by atoms with Crippen molar-refractivity contribution < 1.29 is 24.2 Å². The van der Waals surface area contributed by atoms with E-state index in [0.717, 1.165) is 23.0 Å². The number of carboxylic acid groups (broad SMARTS) is 1. The molecule has 0 atom stereocenters. The number of carboxylic acids is 1. The molecular formula is C21H15N5O7. The number of fused-ring (bicyclic) bond motifs is 1. The second kappa shape index (κ2) is 8.63. The van der Waals surface area contributed by atoms with E-state index in [1.165, 1.54) is 18.3 Å². The summed E-state index contributed by atoms with van der Waals surface area (Å²) in [5.41, 5.74) is 3.22. The van der Waals surface area contributed by atoms with E-state index in [-0.39, 0.29) is 18.0 Å². The first-order valence-electron chi connectivity index (χ1n) is 9.45. The average molecular weight is 449 g/mol. The molecule has 0 saturated carbocycles. The van der Waals surface area contributed by atoms with Gasteiger partial charge >= 0.3 is 11.7 Å². The third kappa shape index (κ3) is 4.39. The highest BCUT2D eigenvalue weighted by Gasteiger charge is 2.19. The van der Waals surface area contributed by atoms with Crippen molar-refractivity contribution in [1.82, 2.24) is 4.57 Å². The van der Waals surface area contributed by atoms with Gasteiger partial charge in [0.05, 0.1) is 28.7 Å². The van der Waals surface area contributed by atoms with Gasteiger partial charge in [0.25, 0.3) is 5.69 Å². The van der Waals surface area contributed by atoms with Crippen molar-refractivity contribution >= 4 is 40.1 Å². The highest BCUT2D eigenvalue weighted by molar-refractivity contribution is 5.99. The number of benzene rings is 2. The molecule has 0 aliphatic heterocycles. The molecule has 0 aliphatic rings. The number of hydrazone groups is 1. The van der Waals surface area contributed by atoms with Crippen molar-refractivity contribution in [2.24, 2.45) is 5.10 Å². The summed E-state index contributed by atoms with van der Waals surface area (Å²) in [6.07, 6.45) is 3.25. The predicted octanol–water partition coefficient (Wildman–Crippen LogP) is 4.24. The smallest absolute Gasteiger partial charge is 0.371 e. The summed E-state index contributed by atoms with van der Waals surface area (Å²) in [4.78, 5) is 31.7. The number of nitrogens with one attached hydrogen (secondary N) is 1. The second-order valence-electron chi connectivity index (χ2n) is 6.89. The maximum absolute atomic E-state index is 11.3. The third-order valence-corrected chi connectivity index (χ3v) is 4.80. The SMILES string of the molecule is O=C(O)c1ccc(Cn2cc(/C=N\Nc3ccc([N+](=O)[O-])cc3[N+](=O)[O-])c3ccccc32)o1. The van der Waals surface area contributed by atoms with Gasteiger partial charge in [0.1, 0.15) is 11.4 Å². The number of para-hydroxylation sites is 1. The van der Waals surface area contributed by atoms with Crippen molar-refractivity contribution in [3.05, 3.63) is 98.1 Å². The maximum atomic E-state index is 11.3. The monoisotopic (exact) mass is 449 g/mol. The van der Waals surface area contributed by atoms with Crippen LogP contribution in [0.15, 0.2) is 70.3 Å². The number of nitro groups is 2. The van der Waals surface area contributed by atoms with E-state index in [9.17, 15) is 25.0 Å². The molecule has 4 aromatic rings. The normalized spacial score (nSPS) is 11.2. The number of aromatic carboxylic acids is 1. The lowest BCUT2D eigenvalue weighted by molar-refractivity contribution is -0.393. The minimum absolute atomic E-state index is 0.00220. The zero-order valence-corrected chi connectivity index (χ0v) is 16.7. The number of rotatable bonds is 8. The Kier molecular flexibility index (Phi) is 5.55. The minimum atomic E-state index is -1.15. The van der Waals surface area contributed by atoms with E-state index in [1.54, 1.807) is 12.3 Å². The van der Waals surface area contributed by atoms with E-state index in [0.29, 0.717) is 11.3 Å². The van der Waals surface area contributed by atoms with Crippen LogP contribution in [0.2, 0.25) is 0 Å². The number of furan rings is 1. The first kappa shape index (κ1) is 21.2. The zero-order valence-electron chi connectivity index (χ0n) is 16.7. The molecule has 2 N–H and O–H groups in total. The van der Waals surface area contributed by atoms with Crippen LogP contribution in [0.25, 0.3) is 10.9 Å². The van der Waals surface area contributed by atoms with Gasteiger partial charge in [-0.25, -0.2) is 4.79 Å². The van der Waals surface area contributed by atoms with Gasteiger partial charge in [-0.1, -0.05) is 18.2 Å². The number of hydrogen-bond donors (Lipinski definition) is 2. The van der Waals surface area contributed by atoms with Crippen molar-refractivity contribution in [1.29, 1.82) is 0 Å². The highest BCUT2D eigenvalue weighted by Crippen LogP contribution is 2.29. The summed E-state index contributed by atoms with van der Waals surface area (Å²) in [6.45, 7) is 0.281. The van der Waals surface area contributed by atoms with E-state index >= 15 is 0 Å². The molecule has 0 aliphatic carbocycles. The molecule has 0 bridgehead atoms. The summed E-state index contributed by atoms with van der Waals surface area (Å²) >= 11 is 0. The lowest BCUT2D eigenvalue weighted by Gasteiger charge is -2.02. The molecule has 0 saturated heterocycles. The third-order valence-electron chi connectivity index (χ3n) is 4.80. The maximum Gasteiger partial charge on any atom is 0.371 e. The Balaban J connectivity index is 1.61. The van der Waals surface area contributed by atoms with E-state index in [2.05, 4.69) is 10.5 Å². The summed E-state index contributed by atoms with van der Waals surface area (Å²) in [7, 11) is 0. The Morgan fingerprint density at radius 3 is 2.61 bits per heavy atom. The molecule has 166 valence electrons. The van der Waals surface area contributed by atoms with Crippen LogP contribution in [0.4, 0.5) is 17.1 Å². The summed E-state index contributed by atoms with van der Waals surface area (Å²) in [5.74, 6) is -0.855. The van der Waals surface area contributed by atoms with Crippen LogP contribution in [0, 0.1) is 20.2 Å². The first-order chi connectivity index (χ1) is 15.8. The van der Waals surface area contributed by atoms with Crippen LogP contribution in [-0.2, 0) is 6.54 Å². The summed E-state index contributed by atoms with van der Waals surface area (Å²) in [6, 6.07) is 13.6. The van der Waals surface area contributed by atoms with Crippen LogP contribution in [0.3, 0.4) is 0 Å². The fourth-order valence-electron chi connectivity index (χ4n) is 3.31. The average Bonchev–Trinajstić information content (AvgIpc) is 3.39. The van der Waals surface area contributed by atoms with Crippen molar-refractivity contribution in [2.45, 2.75) is 6.54 Å². The number of non-ortho nitro benzene ring substituents is 1. The van der Waals surface area contributed by atoms with Gasteiger partial charge in [0.2, 0.25) is 5.76 Å². The molecule has 0 spiro atoms. The predicted molar refractivity (Wildman–Crippen MR) is 118 cm³/mol. The summed E-state index contributed by atoms with van der Waals surface area (Å²) in [5, 5.41) is 36.1. The molecule has 33 heavy (non-hydrogen) atoms. The molecule has 0 amide bonds. The fraction of sp³-hybridized carbons (Fsp3) is 0.0476. The van der Waals surface area contributed by atoms with Crippen LogP contribution in [-0.4, -0.2) is 31.7 Å². The Morgan fingerprint density at radius 1 is 1.12 bits per heavy atom. The molecule has 4 rings (SSSR count). The molecule has 12 nitrogen and oxygen atoms in total. The van der Waals surface area contributed by atoms with Gasteiger partial charge in [0, 0.05) is 28.7 Å². The van der Waals surface area contributed by atoms with Gasteiger partial charge < -0.3 is 14.1 Å². The van der Waals surface area contributed by atoms with Crippen LogP contribution in [0.5, 0.6) is 0 Å². The van der Waals surface area contributed by atoms with Gasteiger partial charge in [0.15, 0.2) is 0 Å². The van der Waals surface area contributed by atoms with Crippen molar-refractivity contribution in [3.8, 4) is 0 Å². The number of anilines is 1. The zero-order chi connectivity index (χ0) is 23.5. The van der Waals surface area contributed by atoms with Crippen LogP contribution in [0.1, 0.15) is 21.9 Å². The molecule has 12 heteroatoms. The van der Waals surface area contributed by atoms with Crippen molar-refractivity contribution in [3.63, 3.8) is 0 Å². The molecule has 0 radical (unpaired) electrons.